The number of benzene rings is 1. The molecule has 162 valence electrons. The number of oxazole rings is 1. The van der Waals surface area contributed by atoms with Gasteiger partial charge in [0.1, 0.15) is 30.2 Å². The van der Waals surface area contributed by atoms with Crippen molar-refractivity contribution >= 4 is 17.6 Å². The van der Waals surface area contributed by atoms with E-state index in [9.17, 15) is 14.7 Å². The zero-order chi connectivity index (χ0) is 21.8. The number of anilines is 2. The molecule has 0 bridgehead atoms. The Kier molecular flexibility index (Phi) is 6.01. The van der Waals surface area contributed by atoms with Crippen LogP contribution in [0.2, 0.25) is 0 Å². The molecule has 1 aromatic carbocycles. The molecule has 9 heteroatoms. The molecule has 0 radical (unpaired) electrons. The molecule has 9 nitrogen and oxygen atoms in total. The van der Waals surface area contributed by atoms with Gasteiger partial charge in [0.25, 0.3) is 5.56 Å². The highest BCUT2D eigenvalue weighted by atomic mass is 16.4. The third-order valence-corrected chi connectivity index (χ3v) is 5.29. The van der Waals surface area contributed by atoms with E-state index >= 15 is 0 Å². The summed E-state index contributed by atoms with van der Waals surface area (Å²) in [6.45, 7) is 2.89. The predicted molar refractivity (Wildman–Crippen MR) is 116 cm³/mol. The summed E-state index contributed by atoms with van der Waals surface area (Å²) in [5, 5.41) is 12.4. The number of hydrogen-bond acceptors (Lipinski definition) is 7. The number of rotatable bonds is 7. The molecule has 1 aliphatic heterocycles. The number of hydrogen-bond donors (Lipinski definition) is 2. The molecular weight excluding hydrogens is 398 g/mol. The van der Waals surface area contributed by atoms with Crippen LogP contribution >= 0.6 is 0 Å². The van der Waals surface area contributed by atoms with E-state index in [4.69, 9.17) is 4.42 Å². The van der Waals surface area contributed by atoms with Crippen molar-refractivity contribution in [2.75, 3.05) is 23.3 Å². The lowest BCUT2D eigenvalue weighted by Gasteiger charge is -2.29. The highest BCUT2D eigenvalue weighted by molar-refractivity contribution is 5.67. The summed E-state index contributed by atoms with van der Waals surface area (Å²) in [7, 11) is 0. The number of carboxylic acids is 1. The minimum absolute atomic E-state index is 0.203. The largest absolute Gasteiger partial charge is 0.480 e. The van der Waals surface area contributed by atoms with Crippen molar-refractivity contribution in [2.24, 2.45) is 0 Å². The Morgan fingerprint density at radius 1 is 1.23 bits per heavy atom. The maximum atomic E-state index is 13.1. The number of piperidine rings is 1. The Bertz CT molecular complexity index is 1100. The minimum Gasteiger partial charge on any atom is -0.480 e. The van der Waals surface area contributed by atoms with Gasteiger partial charge in [-0.15, -0.1) is 0 Å². The van der Waals surface area contributed by atoms with Gasteiger partial charge < -0.3 is 19.7 Å². The smallest absolute Gasteiger partial charge is 0.323 e. The van der Waals surface area contributed by atoms with Crippen LogP contribution < -0.4 is 15.8 Å². The maximum absolute atomic E-state index is 13.1. The monoisotopic (exact) mass is 423 g/mol. The molecule has 1 aliphatic rings. The van der Waals surface area contributed by atoms with Gasteiger partial charge >= 0.3 is 5.97 Å². The van der Waals surface area contributed by atoms with Gasteiger partial charge in [-0.25, -0.2) is 9.97 Å². The molecule has 31 heavy (non-hydrogen) atoms. The summed E-state index contributed by atoms with van der Waals surface area (Å²) in [4.78, 5) is 35.4. The zero-order valence-corrected chi connectivity index (χ0v) is 17.3. The van der Waals surface area contributed by atoms with Crippen molar-refractivity contribution in [1.82, 2.24) is 14.5 Å². The van der Waals surface area contributed by atoms with E-state index in [1.54, 1.807) is 6.26 Å². The van der Waals surface area contributed by atoms with E-state index in [1.165, 1.54) is 10.8 Å². The highest BCUT2D eigenvalue weighted by Gasteiger charge is 2.22. The fraction of sp³-hybridized carbons (Fsp3) is 0.364. The average molecular weight is 423 g/mol. The fourth-order valence-corrected chi connectivity index (χ4v) is 3.73. The number of carbonyl (C=O) groups is 1. The second-order valence-corrected chi connectivity index (χ2v) is 7.61. The lowest BCUT2D eigenvalue weighted by atomic mass is 10.1. The maximum Gasteiger partial charge on any atom is 0.323 e. The van der Waals surface area contributed by atoms with Crippen LogP contribution in [-0.2, 0) is 11.3 Å². The topological polar surface area (TPSA) is 113 Å². The van der Waals surface area contributed by atoms with E-state index < -0.39 is 24.1 Å². The van der Waals surface area contributed by atoms with Gasteiger partial charge in [0.15, 0.2) is 0 Å². The van der Waals surface area contributed by atoms with E-state index in [0.717, 1.165) is 37.9 Å². The Balaban J connectivity index is 1.58. The Hall–Kier alpha value is -3.62. The summed E-state index contributed by atoms with van der Waals surface area (Å²) < 4.78 is 6.82. The molecule has 1 atom stereocenters. The molecule has 0 unspecified atom stereocenters. The first-order chi connectivity index (χ1) is 15.0. The first-order valence-electron chi connectivity index (χ1n) is 10.4. The molecule has 1 saturated heterocycles. The van der Waals surface area contributed by atoms with E-state index in [0.29, 0.717) is 17.5 Å². The minimum atomic E-state index is -1.09. The third-order valence-electron chi connectivity index (χ3n) is 5.29. The molecule has 0 saturated carbocycles. The van der Waals surface area contributed by atoms with E-state index in [-0.39, 0.29) is 5.69 Å². The first-order valence-corrected chi connectivity index (χ1v) is 10.4. The predicted octanol–water partition coefficient (Wildman–Crippen LogP) is 3.15. The van der Waals surface area contributed by atoms with Gasteiger partial charge in [-0.3, -0.25) is 14.2 Å². The number of aliphatic carboxylic acids is 1. The van der Waals surface area contributed by atoms with Crippen molar-refractivity contribution in [1.29, 1.82) is 0 Å². The molecule has 0 amide bonds. The molecular formula is C22H25N5O4. The quantitative estimate of drug-likeness (QED) is 0.596. The van der Waals surface area contributed by atoms with Gasteiger partial charge in [0, 0.05) is 18.7 Å². The van der Waals surface area contributed by atoms with Crippen LogP contribution in [0.5, 0.6) is 0 Å². The summed E-state index contributed by atoms with van der Waals surface area (Å²) in [6, 6.07) is 9.24. The van der Waals surface area contributed by atoms with E-state index in [1.807, 2.05) is 42.2 Å². The number of nitrogens with one attached hydrogen (secondary N) is 1. The van der Waals surface area contributed by atoms with Crippen LogP contribution in [0.15, 0.2) is 52.0 Å². The Morgan fingerprint density at radius 2 is 1.97 bits per heavy atom. The van der Waals surface area contributed by atoms with Gasteiger partial charge in [-0.05, 0) is 26.2 Å². The normalized spacial score (nSPS) is 14.9. The standard InChI is InChI=1S/C22H25N5O4/c1-15(20-25-18(14-31-20)16-8-4-2-5-9-16)24-17-12-23-22(26-10-6-3-7-11-26)27(21(17)30)13-19(28)29/h2,4-5,8-9,12,14-15,24H,3,6-7,10-11,13H2,1H3,(H,28,29)/t15-/m1/s1. The summed E-state index contributed by atoms with van der Waals surface area (Å²) >= 11 is 0. The lowest BCUT2D eigenvalue weighted by Crippen LogP contribution is -2.38. The second kappa shape index (κ2) is 9.03. The molecule has 2 N–H and O–H groups in total. The first kappa shape index (κ1) is 20.6. The average Bonchev–Trinajstić information content (AvgIpc) is 3.28. The zero-order valence-electron chi connectivity index (χ0n) is 17.3. The summed E-state index contributed by atoms with van der Waals surface area (Å²) in [5.74, 6) is -0.275. The van der Waals surface area contributed by atoms with Crippen LogP contribution in [0, 0.1) is 0 Å². The van der Waals surface area contributed by atoms with Crippen LogP contribution in [-0.4, -0.2) is 38.7 Å². The molecule has 4 rings (SSSR count). The van der Waals surface area contributed by atoms with Crippen LogP contribution in [0.1, 0.15) is 38.1 Å². The number of aromatic nitrogens is 3. The molecule has 3 heterocycles. The molecule has 3 aromatic rings. The Morgan fingerprint density at radius 3 is 2.68 bits per heavy atom. The van der Waals surface area contributed by atoms with Crippen molar-refractivity contribution in [3.8, 4) is 11.3 Å². The lowest BCUT2D eigenvalue weighted by molar-refractivity contribution is -0.137. The van der Waals surface area contributed by atoms with Crippen LogP contribution in [0.3, 0.4) is 0 Å². The van der Waals surface area contributed by atoms with Crippen molar-refractivity contribution in [3.05, 3.63) is 59.0 Å². The van der Waals surface area contributed by atoms with Gasteiger partial charge in [0.05, 0.1) is 6.20 Å². The summed E-state index contributed by atoms with van der Waals surface area (Å²) in [5.41, 5.74) is 1.40. The van der Waals surface area contributed by atoms with Crippen molar-refractivity contribution in [2.45, 2.75) is 38.8 Å². The number of carboxylic acid groups (broad SMARTS) is 1. The molecule has 2 aromatic heterocycles. The van der Waals surface area contributed by atoms with Gasteiger partial charge in [0.2, 0.25) is 11.8 Å². The second-order valence-electron chi connectivity index (χ2n) is 7.61. The number of nitrogens with zero attached hydrogens (tertiary/aromatic N) is 4. The van der Waals surface area contributed by atoms with Crippen molar-refractivity contribution < 1.29 is 14.3 Å². The van der Waals surface area contributed by atoms with Gasteiger partial charge in [-0.2, -0.15) is 0 Å². The van der Waals surface area contributed by atoms with Crippen LogP contribution in [0.25, 0.3) is 11.3 Å². The molecule has 1 fully saturated rings. The van der Waals surface area contributed by atoms with Crippen molar-refractivity contribution in [3.63, 3.8) is 0 Å². The van der Waals surface area contributed by atoms with E-state index in [2.05, 4.69) is 15.3 Å². The van der Waals surface area contributed by atoms with Gasteiger partial charge in [-0.1, -0.05) is 30.3 Å². The van der Waals surface area contributed by atoms with Crippen LogP contribution in [0.4, 0.5) is 11.6 Å². The Labute approximate surface area is 179 Å². The molecule has 0 spiro atoms. The summed E-state index contributed by atoms with van der Waals surface area (Å²) in [6.07, 6.45) is 6.14. The highest BCUT2D eigenvalue weighted by Crippen LogP contribution is 2.23. The fourth-order valence-electron chi connectivity index (χ4n) is 3.73. The third kappa shape index (κ3) is 4.60. The SMILES string of the molecule is C[C@@H](Nc1cnc(N2CCCCC2)n(CC(=O)O)c1=O)c1nc(-c2ccccc2)co1. The molecule has 0 aliphatic carbocycles.